The van der Waals surface area contributed by atoms with Gasteiger partial charge in [-0.2, -0.15) is 25.7 Å². The first-order valence-electron chi connectivity index (χ1n) is 8.33. The second-order valence-corrected chi connectivity index (χ2v) is 8.39. The molecule has 134 valence electrons. The number of thiol groups is 2. The normalized spacial score (nSPS) is 32.5. The van der Waals surface area contributed by atoms with Crippen LogP contribution >= 0.6 is 0 Å². The van der Waals surface area contributed by atoms with Crippen molar-refractivity contribution in [2.75, 3.05) is 0 Å². The summed E-state index contributed by atoms with van der Waals surface area (Å²) in [5.74, 6) is 5.21. The van der Waals surface area contributed by atoms with E-state index >= 15 is 0 Å². The van der Waals surface area contributed by atoms with Crippen LogP contribution in [0.3, 0.4) is 0 Å². The van der Waals surface area contributed by atoms with Crippen molar-refractivity contribution in [1.82, 2.24) is 0 Å². The van der Waals surface area contributed by atoms with Crippen LogP contribution in [-0.4, -0.2) is 0 Å². The van der Waals surface area contributed by atoms with E-state index in [1.54, 1.807) is 11.8 Å². The van der Waals surface area contributed by atoms with Gasteiger partial charge in [-0.3, -0.25) is 0 Å². The Morgan fingerprint density at radius 2 is 1.09 bits per heavy atom. The summed E-state index contributed by atoms with van der Waals surface area (Å²) in [6.45, 7) is 17.6. The molecule has 0 aromatic carbocycles. The molecule has 0 amide bonds. The standard InChI is InChI=1S/2C10H15.Pt.2H2S/c2*1-7-8-4-5-9(6-8)10(7,2)3;;;/h2*8H,1,4-6H2,2-3H3;;2*1H2/q2*-1;+4;;/p-2. The molecule has 4 fully saturated rings. The first kappa shape index (κ1) is 23.9. The number of hydrogen-bond donors (Lipinski definition) is 0. The van der Waals surface area contributed by atoms with Crippen LogP contribution in [-0.2, 0) is 48.1 Å². The Kier molecular flexibility index (Phi) is 8.35. The first-order valence-corrected chi connectivity index (χ1v) is 8.33. The maximum atomic E-state index is 4.17. The van der Waals surface area contributed by atoms with Gasteiger partial charge in [-0.15, -0.1) is 35.1 Å². The Morgan fingerprint density at radius 1 is 0.783 bits per heavy atom. The fourth-order valence-corrected chi connectivity index (χ4v) is 4.90. The summed E-state index contributed by atoms with van der Waals surface area (Å²) >= 11 is 0. The van der Waals surface area contributed by atoms with E-state index in [4.69, 9.17) is 0 Å². The molecule has 4 rings (SSSR count). The molecule has 4 saturated carbocycles. The van der Waals surface area contributed by atoms with E-state index in [2.05, 4.69) is 40.9 Å². The van der Waals surface area contributed by atoms with Crippen molar-refractivity contribution >= 4 is 27.0 Å². The quantitative estimate of drug-likeness (QED) is 0.178. The third kappa shape index (κ3) is 3.85. The minimum Gasteiger partial charge on any atom is -0.813 e. The van der Waals surface area contributed by atoms with Crippen LogP contribution in [0.15, 0.2) is 24.3 Å². The molecule has 0 spiro atoms. The molecule has 0 aromatic rings. The van der Waals surface area contributed by atoms with Crippen molar-refractivity contribution in [3.8, 4) is 0 Å². The van der Waals surface area contributed by atoms with Crippen molar-refractivity contribution in [2.24, 2.45) is 22.7 Å². The average Bonchev–Trinajstić information content (AvgIpc) is 3.10. The third-order valence-corrected chi connectivity index (χ3v) is 6.93. The van der Waals surface area contributed by atoms with Gasteiger partial charge in [0.15, 0.2) is 0 Å². The Balaban J connectivity index is 0.000000372. The zero-order valence-corrected chi connectivity index (χ0v) is 19.1. The summed E-state index contributed by atoms with van der Waals surface area (Å²) in [5.41, 5.74) is 3.77. The van der Waals surface area contributed by atoms with Crippen molar-refractivity contribution < 1.29 is 21.1 Å². The molecule has 3 heteroatoms. The maximum Gasteiger partial charge on any atom is 4.00 e. The van der Waals surface area contributed by atoms with Gasteiger partial charge >= 0.3 is 21.1 Å². The van der Waals surface area contributed by atoms with Crippen LogP contribution in [0, 0.1) is 34.5 Å². The third-order valence-electron chi connectivity index (χ3n) is 6.93. The van der Waals surface area contributed by atoms with E-state index < -0.39 is 0 Å². The molecule has 0 saturated heterocycles. The van der Waals surface area contributed by atoms with Crippen molar-refractivity contribution in [3.63, 3.8) is 0 Å². The van der Waals surface area contributed by atoms with Crippen LogP contribution in [0.5, 0.6) is 0 Å². The Labute approximate surface area is 172 Å². The van der Waals surface area contributed by atoms with Gasteiger partial charge in [-0.1, -0.05) is 52.4 Å². The van der Waals surface area contributed by atoms with Crippen LogP contribution < -0.4 is 0 Å². The van der Waals surface area contributed by atoms with Crippen LogP contribution in [0.25, 0.3) is 0 Å². The van der Waals surface area contributed by atoms with Crippen molar-refractivity contribution in [1.29, 1.82) is 0 Å². The van der Waals surface area contributed by atoms with Gasteiger partial charge in [-0.05, 0) is 0 Å². The van der Waals surface area contributed by atoms with Crippen molar-refractivity contribution in [2.45, 2.75) is 66.2 Å². The molecule has 4 aliphatic rings. The Hall–Kier alpha value is 0.868. The fraction of sp³-hybridized carbons (Fsp3) is 0.700. The van der Waals surface area contributed by atoms with E-state index in [-0.39, 0.29) is 48.1 Å². The summed E-state index contributed by atoms with van der Waals surface area (Å²) in [6.07, 6.45) is 8.22. The molecule has 0 N–H and O–H groups in total. The zero-order chi connectivity index (χ0) is 14.7. The minimum absolute atomic E-state index is 0. The van der Waals surface area contributed by atoms with E-state index in [0.717, 1.165) is 11.8 Å². The summed E-state index contributed by atoms with van der Waals surface area (Å²) in [5, 5.41) is 0. The van der Waals surface area contributed by atoms with Crippen LogP contribution in [0.4, 0.5) is 0 Å². The largest absolute Gasteiger partial charge is 4.00 e. The van der Waals surface area contributed by atoms with E-state index in [0.29, 0.717) is 10.8 Å². The van der Waals surface area contributed by atoms with Gasteiger partial charge in [0, 0.05) is 0 Å². The minimum atomic E-state index is 0. The van der Waals surface area contributed by atoms with Crippen LogP contribution in [0.1, 0.15) is 66.2 Å². The number of rotatable bonds is 0. The van der Waals surface area contributed by atoms with Gasteiger partial charge in [0.05, 0.1) is 0 Å². The van der Waals surface area contributed by atoms with Gasteiger partial charge in [0.2, 0.25) is 0 Å². The molecular weight excluding hydrogens is 499 g/mol. The fourth-order valence-electron chi connectivity index (χ4n) is 4.90. The molecule has 23 heavy (non-hydrogen) atoms. The SMILES string of the molecule is C=C1C2CC[C-](C2)C1(C)C.C=C1C2CC[C-](C2)C1(C)C.[Pt+4].[SH-].[SH-]. The second-order valence-electron chi connectivity index (χ2n) is 8.39. The average molecular weight is 532 g/mol. The summed E-state index contributed by atoms with van der Waals surface area (Å²) in [7, 11) is 0. The molecular formula is C20H32PtS2. The second kappa shape index (κ2) is 8.05. The molecule has 0 heterocycles. The maximum absolute atomic E-state index is 4.17. The topological polar surface area (TPSA) is 0 Å². The first-order chi connectivity index (χ1) is 9.24. The Morgan fingerprint density at radius 3 is 1.22 bits per heavy atom. The summed E-state index contributed by atoms with van der Waals surface area (Å²) in [4.78, 5) is 0. The number of allylic oxidation sites excluding steroid dienone is 2. The predicted octanol–water partition coefficient (Wildman–Crippen LogP) is 5.37. The molecule has 0 aromatic heterocycles. The molecule has 2 unspecified atom stereocenters. The van der Waals surface area contributed by atoms with E-state index in [1.807, 2.05) is 0 Å². The van der Waals surface area contributed by atoms with Gasteiger partial charge in [0.1, 0.15) is 0 Å². The molecule has 4 bridgehead atoms. The van der Waals surface area contributed by atoms with E-state index in [1.165, 1.54) is 49.7 Å². The molecule has 0 aliphatic heterocycles. The predicted molar refractivity (Wildman–Crippen MR) is 105 cm³/mol. The summed E-state index contributed by atoms with van der Waals surface area (Å²) < 4.78 is 0. The van der Waals surface area contributed by atoms with Crippen molar-refractivity contribution in [3.05, 3.63) is 36.1 Å². The monoisotopic (exact) mass is 531 g/mol. The van der Waals surface area contributed by atoms with Gasteiger partial charge in [-0.25, -0.2) is 0 Å². The molecule has 0 radical (unpaired) electrons. The zero-order valence-electron chi connectivity index (χ0n) is 15.0. The van der Waals surface area contributed by atoms with Crippen LogP contribution in [0.2, 0.25) is 0 Å². The number of fused-ring (bicyclic) bond motifs is 4. The summed E-state index contributed by atoms with van der Waals surface area (Å²) in [6, 6.07) is 0. The molecule has 4 aliphatic carbocycles. The van der Waals surface area contributed by atoms with E-state index in [9.17, 15) is 0 Å². The Bertz CT molecular complexity index is 411. The molecule has 2 atom stereocenters. The van der Waals surface area contributed by atoms with Gasteiger partial charge < -0.3 is 38.8 Å². The molecule has 0 nitrogen and oxygen atoms in total. The number of hydrogen-bond acceptors (Lipinski definition) is 2. The van der Waals surface area contributed by atoms with Gasteiger partial charge in [0.25, 0.3) is 0 Å². The smallest absolute Gasteiger partial charge is 0.813 e.